The number of furan rings is 1. The van der Waals surface area contributed by atoms with E-state index in [1.807, 2.05) is 12.1 Å². The molecule has 1 aliphatic rings. The maximum absolute atomic E-state index is 13.0. The Morgan fingerprint density at radius 2 is 1.93 bits per heavy atom. The Morgan fingerprint density at radius 3 is 2.60 bits per heavy atom. The van der Waals surface area contributed by atoms with Crippen LogP contribution in [0.4, 0.5) is 11.4 Å². The third-order valence-electron chi connectivity index (χ3n) is 5.00. The Hall–Kier alpha value is -2.49. The molecule has 0 amide bonds. The molecule has 1 aliphatic heterocycles. The zero-order chi connectivity index (χ0) is 21.3. The molecule has 0 bridgehead atoms. The maximum atomic E-state index is 13.0. The molecule has 1 saturated heterocycles. The summed E-state index contributed by atoms with van der Waals surface area (Å²) < 4.78 is 39.5. The van der Waals surface area contributed by atoms with Gasteiger partial charge in [-0.2, -0.15) is 0 Å². The van der Waals surface area contributed by atoms with Gasteiger partial charge in [0.1, 0.15) is 9.96 Å². The second-order valence-corrected chi connectivity index (χ2v) is 10.5. The topological polar surface area (TPSA) is 83.8 Å². The molecule has 2 N–H and O–H groups in total. The lowest BCUT2D eigenvalue weighted by Gasteiger charge is -2.38. The SMILES string of the molecule is COc1ccc(N2CC(C)NC(C)C2)cc1NS(=O)(=O)c1ccc(-c2ccoc2)s1. The van der Waals surface area contributed by atoms with Gasteiger partial charge in [-0.1, -0.05) is 0 Å². The standard InChI is InChI=1S/C21H25N3O4S2/c1-14-11-24(12-15(2)22-14)17-4-5-19(27-3)18(10-17)23-30(25,26)21-7-6-20(29-21)16-8-9-28-13-16/h4-10,13-15,22-23H,11-12H2,1-3H3. The highest BCUT2D eigenvalue weighted by Gasteiger charge is 2.24. The third kappa shape index (κ3) is 4.33. The number of nitrogens with one attached hydrogen (secondary N) is 2. The molecule has 30 heavy (non-hydrogen) atoms. The van der Waals surface area contributed by atoms with Gasteiger partial charge in [0.2, 0.25) is 0 Å². The molecule has 0 radical (unpaired) electrons. The van der Waals surface area contributed by atoms with Crippen molar-refractivity contribution in [1.29, 1.82) is 0 Å². The molecule has 3 aromatic rings. The van der Waals surface area contributed by atoms with Crippen molar-refractivity contribution in [3.05, 3.63) is 48.9 Å². The van der Waals surface area contributed by atoms with Crippen LogP contribution in [0.25, 0.3) is 10.4 Å². The average molecular weight is 448 g/mol. The second kappa shape index (κ2) is 8.33. The minimum atomic E-state index is -3.76. The van der Waals surface area contributed by atoms with Crippen LogP contribution in [0, 0.1) is 0 Å². The first kappa shape index (κ1) is 20.8. The van der Waals surface area contributed by atoms with Gasteiger partial charge < -0.3 is 19.4 Å². The summed E-state index contributed by atoms with van der Waals surface area (Å²) in [5, 5.41) is 3.51. The first-order chi connectivity index (χ1) is 14.4. The highest BCUT2D eigenvalue weighted by molar-refractivity contribution is 7.94. The number of hydrogen-bond acceptors (Lipinski definition) is 7. The molecule has 1 fully saturated rings. The molecule has 2 atom stereocenters. The third-order valence-corrected chi connectivity index (χ3v) is 7.99. The molecule has 160 valence electrons. The molecule has 9 heteroatoms. The summed E-state index contributed by atoms with van der Waals surface area (Å²) >= 11 is 1.19. The molecular formula is C21H25N3O4S2. The van der Waals surface area contributed by atoms with Crippen LogP contribution >= 0.6 is 11.3 Å². The van der Waals surface area contributed by atoms with E-state index in [0.717, 1.165) is 29.2 Å². The highest BCUT2D eigenvalue weighted by Crippen LogP contribution is 2.35. The van der Waals surface area contributed by atoms with E-state index in [1.165, 1.54) is 18.4 Å². The smallest absolute Gasteiger partial charge is 0.271 e. The molecule has 3 heterocycles. The van der Waals surface area contributed by atoms with E-state index < -0.39 is 10.0 Å². The number of ether oxygens (including phenoxy) is 1. The van der Waals surface area contributed by atoms with Crippen molar-refractivity contribution >= 4 is 32.7 Å². The van der Waals surface area contributed by atoms with Gasteiger partial charge in [0.15, 0.2) is 0 Å². The number of nitrogens with zero attached hydrogens (tertiary/aromatic N) is 1. The van der Waals surface area contributed by atoms with E-state index in [-0.39, 0.29) is 4.21 Å². The Balaban J connectivity index is 1.61. The molecule has 1 aromatic carbocycles. The predicted molar refractivity (Wildman–Crippen MR) is 120 cm³/mol. The van der Waals surface area contributed by atoms with Gasteiger partial charge in [-0.05, 0) is 50.2 Å². The van der Waals surface area contributed by atoms with Crippen molar-refractivity contribution < 1.29 is 17.6 Å². The number of hydrogen-bond donors (Lipinski definition) is 2. The van der Waals surface area contributed by atoms with Crippen molar-refractivity contribution in [1.82, 2.24) is 5.32 Å². The van der Waals surface area contributed by atoms with Crippen molar-refractivity contribution in [3.8, 4) is 16.2 Å². The van der Waals surface area contributed by atoms with E-state index >= 15 is 0 Å². The van der Waals surface area contributed by atoms with Crippen molar-refractivity contribution in [2.75, 3.05) is 29.8 Å². The van der Waals surface area contributed by atoms with Gasteiger partial charge in [-0.15, -0.1) is 11.3 Å². The average Bonchev–Trinajstić information content (AvgIpc) is 3.39. The summed E-state index contributed by atoms with van der Waals surface area (Å²) in [4.78, 5) is 3.08. The van der Waals surface area contributed by atoms with E-state index in [2.05, 4.69) is 28.8 Å². The van der Waals surface area contributed by atoms with E-state index in [9.17, 15) is 8.42 Å². The minimum absolute atomic E-state index is 0.232. The van der Waals surface area contributed by atoms with Crippen LogP contribution in [0.2, 0.25) is 0 Å². The van der Waals surface area contributed by atoms with E-state index in [4.69, 9.17) is 9.15 Å². The Labute approximate surface area is 180 Å². The number of benzene rings is 1. The first-order valence-corrected chi connectivity index (χ1v) is 12.0. The van der Waals surface area contributed by atoms with Gasteiger partial charge in [0.25, 0.3) is 10.0 Å². The summed E-state index contributed by atoms with van der Waals surface area (Å²) in [5.41, 5.74) is 2.23. The van der Waals surface area contributed by atoms with E-state index in [0.29, 0.717) is 23.5 Å². The summed E-state index contributed by atoms with van der Waals surface area (Å²) in [6.45, 7) is 5.98. The molecule has 2 aromatic heterocycles. The quantitative estimate of drug-likeness (QED) is 0.594. The largest absolute Gasteiger partial charge is 0.495 e. The molecular weight excluding hydrogens is 422 g/mol. The van der Waals surface area contributed by atoms with Crippen molar-refractivity contribution in [2.45, 2.75) is 30.1 Å². The first-order valence-electron chi connectivity index (χ1n) is 9.70. The summed E-state index contributed by atoms with van der Waals surface area (Å²) in [7, 11) is -2.23. The number of anilines is 2. The summed E-state index contributed by atoms with van der Waals surface area (Å²) in [5.74, 6) is 0.477. The monoisotopic (exact) mass is 447 g/mol. The second-order valence-electron chi connectivity index (χ2n) is 7.49. The van der Waals surface area contributed by atoms with Crippen molar-refractivity contribution in [2.24, 2.45) is 0 Å². The van der Waals surface area contributed by atoms with Gasteiger partial charge in [0.05, 0.1) is 25.3 Å². The number of thiophene rings is 1. The van der Waals surface area contributed by atoms with E-state index in [1.54, 1.807) is 36.8 Å². The lowest BCUT2D eigenvalue weighted by atomic mass is 10.1. The lowest BCUT2D eigenvalue weighted by molar-refractivity contribution is 0.406. The van der Waals surface area contributed by atoms with Crippen LogP contribution in [-0.2, 0) is 10.0 Å². The number of piperazine rings is 1. The zero-order valence-electron chi connectivity index (χ0n) is 17.1. The Kier molecular flexibility index (Phi) is 5.77. The van der Waals surface area contributed by atoms with Crippen molar-refractivity contribution in [3.63, 3.8) is 0 Å². The van der Waals surface area contributed by atoms with Crippen LogP contribution in [-0.4, -0.2) is 40.7 Å². The fourth-order valence-corrected chi connectivity index (χ4v) is 6.08. The van der Waals surface area contributed by atoms with Crippen LogP contribution < -0.4 is 19.7 Å². The van der Waals surface area contributed by atoms with Gasteiger partial charge >= 0.3 is 0 Å². The number of methoxy groups -OCH3 is 1. The number of rotatable bonds is 6. The molecule has 2 unspecified atom stereocenters. The minimum Gasteiger partial charge on any atom is -0.495 e. The normalized spacial score (nSPS) is 19.6. The summed E-state index contributed by atoms with van der Waals surface area (Å²) in [6, 6.07) is 11.5. The van der Waals surface area contributed by atoms with Crippen LogP contribution in [0.3, 0.4) is 0 Å². The Morgan fingerprint density at radius 1 is 1.17 bits per heavy atom. The molecule has 0 saturated carbocycles. The van der Waals surface area contributed by atoms with Gasteiger partial charge in [-0.3, -0.25) is 4.72 Å². The fraction of sp³-hybridized carbons (Fsp3) is 0.333. The lowest BCUT2D eigenvalue weighted by Crippen LogP contribution is -2.54. The molecule has 0 aliphatic carbocycles. The fourth-order valence-electron chi connectivity index (χ4n) is 3.73. The Bertz CT molecular complexity index is 1100. The highest BCUT2D eigenvalue weighted by atomic mass is 32.2. The van der Waals surface area contributed by atoms with Gasteiger partial charge in [-0.25, -0.2) is 8.42 Å². The van der Waals surface area contributed by atoms with Crippen LogP contribution in [0.5, 0.6) is 5.75 Å². The van der Waals surface area contributed by atoms with Crippen LogP contribution in [0.1, 0.15) is 13.8 Å². The molecule has 4 rings (SSSR count). The predicted octanol–water partition coefficient (Wildman–Crippen LogP) is 4.00. The van der Waals surface area contributed by atoms with Crippen LogP contribution in [0.15, 0.2) is 57.6 Å². The van der Waals surface area contributed by atoms with Gasteiger partial charge in [0, 0.05) is 41.3 Å². The summed E-state index contributed by atoms with van der Waals surface area (Å²) in [6.07, 6.45) is 3.16. The molecule has 7 nitrogen and oxygen atoms in total. The number of sulfonamides is 1. The maximum Gasteiger partial charge on any atom is 0.271 e. The molecule has 0 spiro atoms. The zero-order valence-corrected chi connectivity index (χ0v) is 18.7.